The van der Waals surface area contributed by atoms with Crippen molar-refractivity contribution >= 4 is 0 Å². The molecule has 1 aliphatic rings. The molecule has 1 heterocycles. The fourth-order valence-corrected chi connectivity index (χ4v) is 1.95. The van der Waals surface area contributed by atoms with Crippen LogP contribution in [0.3, 0.4) is 0 Å². The molecule has 0 saturated carbocycles. The topological polar surface area (TPSA) is 38.9 Å². The lowest BCUT2D eigenvalue weighted by atomic mass is 9.92. The van der Waals surface area contributed by atoms with E-state index in [4.69, 9.17) is 5.73 Å². The van der Waals surface area contributed by atoms with Crippen LogP contribution in [0.25, 0.3) is 0 Å². The van der Waals surface area contributed by atoms with E-state index < -0.39 is 0 Å². The van der Waals surface area contributed by atoms with Crippen LogP contribution >= 0.6 is 0 Å². The Morgan fingerprint density at radius 1 is 1.40 bits per heavy atom. The molecule has 0 bridgehead atoms. The lowest BCUT2D eigenvalue weighted by Crippen LogP contribution is -2.17. The van der Waals surface area contributed by atoms with Crippen LogP contribution in [0.5, 0.6) is 0 Å². The number of aromatic nitrogens is 1. The van der Waals surface area contributed by atoms with Gasteiger partial charge in [-0.05, 0) is 37.8 Å². The van der Waals surface area contributed by atoms with Crippen molar-refractivity contribution in [3.05, 3.63) is 41.5 Å². The Bertz CT molecular complexity index is 374. The van der Waals surface area contributed by atoms with Gasteiger partial charge in [-0.1, -0.05) is 11.6 Å². The second-order valence-electron chi connectivity index (χ2n) is 3.87. The van der Waals surface area contributed by atoms with Crippen molar-refractivity contribution in [2.24, 2.45) is 5.73 Å². The Balaban J connectivity index is 2.23. The number of hydrogen-bond donors (Lipinski definition) is 1. The van der Waals surface area contributed by atoms with Gasteiger partial charge in [0, 0.05) is 6.20 Å². The van der Waals surface area contributed by atoms with E-state index in [1.54, 1.807) is 12.3 Å². The lowest BCUT2D eigenvalue weighted by molar-refractivity contribution is 0.568. The largest absolute Gasteiger partial charge is 0.319 e. The molecule has 1 aliphatic carbocycles. The number of allylic oxidation sites excluding steroid dienone is 1. The molecule has 2 N–H and O–H groups in total. The molecule has 2 nitrogen and oxygen atoms in total. The van der Waals surface area contributed by atoms with Crippen molar-refractivity contribution in [3.8, 4) is 0 Å². The molecule has 0 spiro atoms. The molecule has 15 heavy (non-hydrogen) atoms. The van der Waals surface area contributed by atoms with Crippen LogP contribution in [0, 0.1) is 5.82 Å². The molecular weight excluding hydrogens is 191 g/mol. The highest BCUT2D eigenvalue weighted by Crippen LogP contribution is 2.27. The van der Waals surface area contributed by atoms with E-state index in [0.29, 0.717) is 5.69 Å². The first-order valence-corrected chi connectivity index (χ1v) is 5.34. The van der Waals surface area contributed by atoms with Crippen LogP contribution in [0.15, 0.2) is 30.0 Å². The molecule has 1 aromatic heterocycles. The van der Waals surface area contributed by atoms with Gasteiger partial charge in [0.05, 0.1) is 11.7 Å². The molecule has 1 unspecified atom stereocenters. The van der Waals surface area contributed by atoms with Gasteiger partial charge in [-0.2, -0.15) is 0 Å². The quantitative estimate of drug-likeness (QED) is 0.755. The maximum atomic E-state index is 13.4. The summed E-state index contributed by atoms with van der Waals surface area (Å²) in [6, 6.07) is 2.62. The van der Waals surface area contributed by atoms with Gasteiger partial charge in [0.25, 0.3) is 0 Å². The Morgan fingerprint density at radius 3 is 2.93 bits per heavy atom. The third kappa shape index (κ3) is 2.23. The van der Waals surface area contributed by atoms with Gasteiger partial charge in [0.2, 0.25) is 0 Å². The highest BCUT2D eigenvalue weighted by Gasteiger charge is 2.18. The average molecular weight is 206 g/mol. The second kappa shape index (κ2) is 4.53. The lowest BCUT2D eigenvalue weighted by Gasteiger charge is -2.19. The van der Waals surface area contributed by atoms with Crippen LogP contribution in [-0.2, 0) is 0 Å². The van der Waals surface area contributed by atoms with Crippen molar-refractivity contribution in [2.45, 2.75) is 31.7 Å². The predicted octanol–water partition coefficient (Wildman–Crippen LogP) is 2.72. The number of nitrogens with zero attached hydrogens (tertiary/aromatic N) is 1. The van der Waals surface area contributed by atoms with E-state index in [2.05, 4.69) is 11.1 Å². The summed E-state index contributed by atoms with van der Waals surface area (Å²) < 4.78 is 13.4. The molecule has 0 fully saturated rings. The molecular formula is C12H15FN2. The first-order chi connectivity index (χ1) is 7.29. The van der Waals surface area contributed by atoms with E-state index in [9.17, 15) is 4.39 Å². The minimum absolute atomic E-state index is 0.309. The summed E-state index contributed by atoms with van der Waals surface area (Å²) in [6.07, 6.45) is 8.09. The highest BCUT2D eigenvalue weighted by molar-refractivity contribution is 5.23. The van der Waals surface area contributed by atoms with E-state index in [-0.39, 0.29) is 11.9 Å². The van der Waals surface area contributed by atoms with Crippen molar-refractivity contribution < 1.29 is 4.39 Å². The van der Waals surface area contributed by atoms with E-state index in [1.807, 2.05) is 0 Å². The van der Waals surface area contributed by atoms with Crippen LogP contribution < -0.4 is 5.73 Å². The van der Waals surface area contributed by atoms with Crippen molar-refractivity contribution in [3.63, 3.8) is 0 Å². The molecule has 80 valence electrons. The van der Waals surface area contributed by atoms with Gasteiger partial charge < -0.3 is 5.73 Å². The molecule has 0 amide bonds. The van der Waals surface area contributed by atoms with Gasteiger partial charge in [0.1, 0.15) is 5.82 Å². The molecule has 3 heteroatoms. The fourth-order valence-electron chi connectivity index (χ4n) is 1.95. The molecule has 1 aromatic rings. The number of nitrogens with two attached hydrogens (primary N) is 1. The maximum Gasteiger partial charge on any atom is 0.146 e. The van der Waals surface area contributed by atoms with E-state index in [1.165, 1.54) is 12.5 Å². The zero-order valence-corrected chi connectivity index (χ0v) is 8.62. The molecule has 0 saturated heterocycles. The van der Waals surface area contributed by atoms with Gasteiger partial charge in [-0.15, -0.1) is 0 Å². The number of rotatable bonds is 2. The molecule has 1 atom stereocenters. The maximum absolute atomic E-state index is 13.4. The van der Waals surface area contributed by atoms with Crippen molar-refractivity contribution in [1.82, 2.24) is 4.98 Å². The standard InChI is InChI=1S/C12H15FN2/c13-10-7-4-8-15-12(10)11(14)9-5-2-1-3-6-9/h4-5,7-8,11H,1-3,6,14H2. The number of halogens is 1. The fraction of sp³-hybridized carbons (Fsp3) is 0.417. The molecule has 0 aromatic carbocycles. The van der Waals surface area contributed by atoms with Crippen LogP contribution in [0.4, 0.5) is 4.39 Å². The monoisotopic (exact) mass is 206 g/mol. The van der Waals surface area contributed by atoms with Gasteiger partial charge >= 0.3 is 0 Å². The van der Waals surface area contributed by atoms with Gasteiger partial charge in [-0.3, -0.25) is 4.98 Å². The predicted molar refractivity (Wildman–Crippen MR) is 57.7 cm³/mol. The summed E-state index contributed by atoms with van der Waals surface area (Å²) in [6.45, 7) is 0. The zero-order chi connectivity index (χ0) is 10.7. The summed E-state index contributed by atoms with van der Waals surface area (Å²) in [7, 11) is 0. The SMILES string of the molecule is NC(C1=CCCCC1)c1ncccc1F. The summed E-state index contributed by atoms with van der Waals surface area (Å²) in [5, 5.41) is 0. The van der Waals surface area contributed by atoms with E-state index >= 15 is 0 Å². The smallest absolute Gasteiger partial charge is 0.146 e. The van der Waals surface area contributed by atoms with Crippen molar-refractivity contribution in [2.75, 3.05) is 0 Å². The van der Waals surface area contributed by atoms with E-state index in [0.717, 1.165) is 24.8 Å². The highest BCUT2D eigenvalue weighted by atomic mass is 19.1. The number of pyridine rings is 1. The summed E-state index contributed by atoms with van der Waals surface area (Å²) >= 11 is 0. The molecule has 0 aliphatic heterocycles. The zero-order valence-electron chi connectivity index (χ0n) is 8.62. The van der Waals surface area contributed by atoms with Gasteiger partial charge in [0.15, 0.2) is 0 Å². The Morgan fingerprint density at radius 2 is 2.27 bits per heavy atom. The summed E-state index contributed by atoms with van der Waals surface area (Å²) in [4.78, 5) is 4.01. The van der Waals surface area contributed by atoms with Crippen molar-refractivity contribution in [1.29, 1.82) is 0 Å². The Labute approximate surface area is 89.0 Å². The summed E-state index contributed by atoms with van der Waals surface area (Å²) in [5.74, 6) is -0.309. The molecule has 0 radical (unpaired) electrons. The van der Waals surface area contributed by atoms with Crippen LogP contribution in [0.2, 0.25) is 0 Å². The minimum Gasteiger partial charge on any atom is -0.319 e. The van der Waals surface area contributed by atoms with Crippen LogP contribution in [0.1, 0.15) is 37.4 Å². The third-order valence-corrected chi connectivity index (χ3v) is 2.81. The Hall–Kier alpha value is -1.22. The second-order valence-corrected chi connectivity index (χ2v) is 3.87. The minimum atomic E-state index is -0.369. The molecule has 2 rings (SSSR count). The normalized spacial score (nSPS) is 18.4. The number of hydrogen-bond acceptors (Lipinski definition) is 2. The third-order valence-electron chi connectivity index (χ3n) is 2.81. The van der Waals surface area contributed by atoms with Gasteiger partial charge in [-0.25, -0.2) is 4.39 Å². The van der Waals surface area contributed by atoms with Crippen LogP contribution in [-0.4, -0.2) is 4.98 Å². The first-order valence-electron chi connectivity index (χ1n) is 5.34. The summed E-state index contributed by atoms with van der Waals surface area (Å²) in [5.41, 5.74) is 7.49. The first kappa shape index (κ1) is 10.3. The average Bonchev–Trinajstić information content (AvgIpc) is 2.30. The Kier molecular flexibility index (Phi) is 3.11.